The van der Waals surface area contributed by atoms with Gasteiger partial charge >= 0.3 is 0 Å². The van der Waals surface area contributed by atoms with Crippen LogP contribution in [0.25, 0.3) is 0 Å². The number of hydrogen-bond donors (Lipinski definition) is 1. The molecule has 4 rings (SSSR count). The van der Waals surface area contributed by atoms with Gasteiger partial charge in [-0.15, -0.1) is 0 Å². The maximum Gasteiger partial charge on any atom is 0.298 e. The van der Waals surface area contributed by atoms with Crippen LogP contribution in [-0.4, -0.2) is 36.9 Å². The standard InChI is InChI=1S/C25H25Cl2N3O2/c1-5-7-21(31)30-13-12-25(15-30,18-8-6-9-19(26)22(18)27)28-16-10-11-17-20(14-16)29(4)23(32)24(17,2)3/h6,8-11,14,28H,12-13,15H2,1-4H3/t25-/m1/s1. The Hall–Kier alpha value is -2.68. The van der Waals surface area contributed by atoms with E-state index in [9.17, 15) is 9.59 Å². The first-order valence-electron chi connectivity index (χ1n) is 10.5. The Morgan fingerprint density at radius 2 is 1.91 bits per heavy atom. The second-order valence-electron chi connectivity index (χ2n) is 8.88. The number of hydrogen-bond acceptors (Lipinski definition) is 3. The van der Waals surface area contributed by atoms with Crippen molar-refractivity contribution < 1.29 is 9.59 Å². The molecule has 7 heteroatoms. The largest absolute Gasteiger partial charge is 0.374 e. The van der Waals surface area contributed by atoms with Crippen LogP contribution in [0, 0.1) is 11.8 Å². The fraction of sp³-hybridized carbons (Fsp3) is 0.360. The maximum atomic E-state index is 12.7. The van der Waals surface area contributed by atoms with Crippen LogP contribution in [0.5, 0.6) is 0 Å². The molecule has 5 nitrogen and oxygen atoms in total. The van der Waals surface area contributed by atoms with Gasteiger partial charge in [0.2, 0.25) is 5.91 Å². The van der Waals surface area contributed by atoms with Crippen molar-refractivity contribution in [3.8, 4) is 11.8 Å². The molecule has 0 saturated carbocycles. The highest BCUT2D eigenvalue weighted by Crippen LogP contribution is 2.45. The summed E-state index contributed by atoms with van der Waals surface area (Å²) >= 11 is 13.0. The summed E-state index contributed by atoms with van der Waals surface area (Å²) in [4.78, 5) is 28.6. The van der Waals surface area contributed by atoms with Crippen molar-refractivity contribution in [1.29, 1.82) is 0 Å². The second-order valence-corrected chi connectivity index (χ2v) is 9.67. The lowest BCUT2D eigenvalue weighted by molar-refractivity contribution is -0.124. The Labute approximate surface area is 198 Å². The maximum absolute atomic E-state index is 12.7. The van der Waals surface area contributed by atoms with Gasteiger partial charge in [-0.3, -0.25) is 9.59 Å². The average molecular weight is 470 g/mol. The number of anilines is 2. The van der Waals surface area contributed by atoms with Crippen molar-refractivity contribution in [3.63, 3.8) is 0 Å². The van der Waals surface area contributed by atoms with Gasteiger partial charge in [0.05, 0.1) is 21.0 Å². The van der Waals surface area contributed by atoms with E-state index in [-0.39, 0.29) is 11.8 Å². The van der Waals surface area contributed by atoms with Crippen LogP contribution in [0.2, 0.25) is 10.0 Å². The molecule has 0 radical (unpaired) electrons. The van der Waals surface area contributed by atoms with Crippen LogP contribution in [0.4, 0.5) is 11.4 Å². The van der Waals surface area contributed by atoms with Crippen molar-refractivity contribution in [2.24, 2.45) is 0 Å². The summed E-state index contributed by atoms with van der Waals surface area (Å²) in [7, 11) is 1.79. The van der Waals surface area contributed by atoms with Crippen LogP contribution >= 0.6 is 23.2 Å². The number of likely N-dealkylation sites (tertiary alicyclic amines) is 1. The van der Waals surface area contributed by atoms with Crippen molar-refractivity contribution >= 4 is 46.4 Å². The molecule has 1 atom stereocenters. The van der Waals surface area contributed by atoms with Crippen LogP contribution in [0.1, 0.15) is 38.3 Å². The first-order valence-corrected chi connectivity index (χ1v) is 11.2. The summed E-state index contributed by atoms with van der Waals surface area (Å²) in [6, 6.07) is 11.5. The highest BCUT2D eigenvalue weighted by atomic mass is 35.5. The first-order chi connectivity index (χ1) is 15.1. The van der Waals surface area contributed by atoms with Gasteiger partial charge in [0, 0.05) is 31.5 Å². The van der Waals surface area contributed by atoms with Gasteiger partial charge in [0.1, 0.15) is 0 Å². The summed E-state index contributed by atoms with van der Waals surface area (Å²) in [6.07, 6.45) is 0.640. The third-order valence-electron chi connectivity index (χ3n) is 6.51. The van der Waals surface area contributed by atoms with Gasteiger partial charge in [-0.2, -0.15) is 0 Å². The molecule has 2 aliphatic heterocycles. The van der Waals surface area contributed by atoms with Gasteiger partial charge in [0.25, 0.3) is 5.91 Å². The molecular formula is C25H25Cl2N3O2. The molecule has 32 heavy (non-hydrogen) atoms. The zero-order valence-corrected chi connectivity index (χ0v) is 20.1. The lowest BCUT2D eigenvalue weighted by atomic mass is 9.85. The van der Waals surface area contributed by atoms with Crippen molar-refractivity contribution in [2.45, 2.75) is 38.1 Å². The Kier molecular flexibility index (Phi) is 5.65. The number of carbonyl (C=O) groups is 2. The van der Waals surface area contributed by atoms with Crippen LogP contribution < -0.4 is 10.2 Å². The number of carbonyl (C=O) groups excluding carboxylic acids is 2. The predicted molar refractivity (Wildman–Crippen MR) is 129 cm³/mol. The van der Waals surface area contributed by atoms with E-state index in [1.807, 2.05) is 44.2 Å². The zero-order chi connectivity index (χ0) is 23.3. The summed E-state index contributed by atoms with van der Waals surface area (Å²) in [5, 5.41) is 4.56. The van der Waals surface area contributed by atoms with Crippen molar-refractivity contribution in [3.05, 3.63) is 57.6 Å². The number of benzene rings is 2. The second kappa shape index (κ2) is 8.03. The van der Waals surface area contributed by atoms with Gasteiger partial charge in [-0.25, -0.2) is 0 Å². The van der Waals surface area contributed by atoms with E-state index in [0.717, 1.165) is 22.5 Å². The van der Waals surface area contributed by atoms with Crippen molar-refractivity contribution in [2.75, 3.05) is 30.4 Å². The van der Waals surface area contributed by atoms with Crippen molar-refractivity contribution in [1.82, 2.24) is 4.90 Å². The molecule has 0 aliphatic carbocycles. The lowest BCUT2D eigenvalue weighted by Crippen LogP contribution is -2.40. The molecule has 2 aromatic rings. The quantitative estimate of drug-likeness (QED) is 0.656. The number of halogens is 2. The van der Waals surface area contributed by atoms with E-state index in [1.165, 1.54) is 0 Å². The summed E-state index contributed by atoms with van der Waals surface area (Å²) < 4.78 is 0. The minimum atomic E-state index is -0.641. The normalized spacial score (nSPS) is 21.2. The fourth-order valence-electron chi connectivity index (χ4n) is 4.77. The third kappa shape index (κ3) is 3.52. The Morgan fingerprint density at radius 3 is 2.62 bits per heavy atom. The summed E-state index contributed by atoms with van der Waals surface area (Å²) in [5.74, 6) is 5.16. The molecule has 1 fully saturated rings. The molecule has 0 unspecified atom stereocenters. The minimum Gasteiger partial charge on any atom is -0.374 e. The van der Waals surface area contributed by atoms with E-state index in [1.54, 1.807) is 29.8 Å². The van der Waals surface area contributed by atoms with Crippen LogP contribution in [0.15, 0.2) is 36.4 Å². The molecule has 166 valence electrons. The Balaban J connectivity index is 1.76. The Morgan fingerprint density at radius 1 is 1.16 bits per heavy atom. The number of nitrogens with zero attached hydrogens (tertiary/aromatic N) is 2. The molecule has 2 heterocycles. The number of nitrogens with one attached hydrogen (secondary N) is 1. The van der Waals surface area contributed by atoms with Gasteiger partial charge in [-0.05, 0) is 62.4 Å². The minimum absolute atomic E-state index is 0.0630. The smallest absolute Gasteiger partial charge is 0.298 e. The number of likely N-dealkylation sites (N-methyl/N-ethyl adjacent to an activating group) is 1. The molecule has 2 aliphatic rings. The monoisotopic (exact) mass is 469 g/mol. The highest BCUT2D eigenvalue weighted by Gasteiger charge is 2.45. The van der Waals surface area contributed by atoms with Crippen LogP contribution in [0.3, 0.4) is 0 Å². The molecule has 0 spiro atoms. The van der Waals surface area contributed by atoms with Gasteiger partial charge < -0.3 is 15.1 Å². The molecule has 1 saturated heterocycles. The lowest BCUT2D eigenvalue weighted by Gasteiger charge is -2.33. The zero-order valence-electron chi connectivity index (χ0n) is 18.6. The van der Waals surface area contributed by atoms with E-state index in [4.69, 9.17) is 23.2 Å². The summed E-state index contributed by atoms with van der Waals surface area (Å²) in [5.41, 5.74) is 2.33. The van der Waals surface area contributed by atoms with E-state index in [2.05, 4.69) is 17.2 Å². The molecule has 0 aromatic heterocycles. The SMILES string of the molecule is CC#CC(=O)N1CC[C@](Nc2ccc3c(c2)N(C)C(=O)C3(C)C)(c2cccc(Cl)c2Cl)C1. The average Bonchev–Trinajstić information content (AvgIpc) is 3.25. The van der Waals surface area contributed by atoms with E-state index >= 15 is 0 Å². The summed E-state index contributed by atoms with van der Waals surface area (Å²) in [6.45, 7) is 6.47. The van der Waals surface area contributed by atoms with Gasteiger partial charge in [-0.1, -0.05) is 47.3 Å². The third-order valence-corrected chi connectivity index (χ3v) is 7.33. The van der Waals surface area contributed by atoms with E-state index in [0.29, 0.717) is 29.6 Å². The molecule has 1 N–H and O–H groups in total. The Bertz CT molecular complexity index is 1180. The molecule has 0 bridgehead atoms. The molecular weight excluding hydrogens is 445 g/mol. The van der Waals surface area contributed by atoms with Gasteiger partial charge in [0.15, 0.2) is 0 Å². The number of amides is 2. The van der Waals surface area contributed by atoms with Crippen LogP contribution in [-0.2, 0) is 20.5 Å². The highest BCUT2D eigenvalue weighted by molar-refractivity contribution is 6.42. The van der Waals surface area contributed by atoms with E-state index < -0.39 is 11.0 Å². The molecule has 2 aromatic carbocycles. The number of rotatable bonds is 3. The predicted octanol–water partition coefficient (Wildman–Crippen LogP) is 4.81. The number of fused-ring (bicyclic) bond motifs is 1. The first kappa shape index (κ1) is 22.5. The molecule has 2 amide bonds. The fourth-order valence-corrected chi connectivity index (χ4v) is 5.25. The topological polar surface area (TPSA) is 52.7 Å².